The Kier molecular flexibility index (Phi) is 7.74. The number of phenolic OH excluding ortho intramolecular Hbond substituents is 1. The SMILES string of the molecule is O=C(O)c1ccc(N2C(=O)C3CC=C4C(CC5(Cl)C(=O)N(c6c(F)c(F)c(F)c(F)c6F)C(=O)C5(Cl)C4C4=COc5ccc(O)cc5C4)C3C2=O)cc1O. The van der Waals surface area contributed by atoms with Gasteiger partial charge in [0.25, 0.3) is 11.8 Å². The Labute approximate surface area is 309 Å². The summed E-state index contributed by atoms with van der Waals surface area (Å²) >= 11 is 14.3. The number of carboxylic acids is 1. The van der Waals surface area contributed by atoms with Crippen LogP contribution in [0.2, 0.25) is 0 Å². The summed E-state index contributed by atoms with van der Waals surface area (Å²) in [4.78, 5) is 63.4. The molecule has 3 fully saturated rings. The van der Waals surface area contributed by atoms with Gasteiger partial charge in [-0.3, -0.25) is 19.2 Å². The van der Waals surface area contributed by atoms with Crippen molar-refractivity contribution in [2.75, 3.05) is 9.80 Å². The van der Waals surface area contributed by atoms with Gasteiger partial charge >= 0.3 is 5.97 Å². The zero-order chi connectivity index (χ0) is 38.9. The van der Waals surface area contributed by atoms with Gasteiger partial charge in [0.05, 0.1) is 23.8 Å². The molecule has 6 unspecified atom stereocenters. The van der Waals surface area contributed by atoms with E-state index in [0.717, 1.165) is 23.1 Å². The summed E-state index contributed by atoms with van der Waals surface area (Å²) in [6.45, 7) is 0. The molecule has 2 saturated heterocycles. The van der Waals surface area contributed by atoms with Crippen molar-refractivity contribution in [2.24, 2.45) is 23.7 Å². The van der Waals surface area contributed by atoms with E-state index >= 15 is 8.78 Å². The van der Waals surface area contributed by atoms with Crippen molar-refractivity contribution in [1.29, 1.82) is 0 Å². The van der Waals surface area contributed by atoms with E-state index < -0.39 is 116 Å². The van der Waals surface area contributed by atoms with Crippen LogP contribution in [0.15, 0.2) is 59.9 Å². The molecular weight excluding hydrogens is 770 g/mol. The molecule has 8 rings (SSSR count). The van der Waals surface area contributed by atoms with Gasteiger partial charge in [-0.1, -0.05) is 11.6 Å². The number of ether oxygens (including phenoxy) is 1. The summed E-state index contributed by atoms with van der Waals surface area (Å²) in [6.07, 6.45) is 1.60. The molecule has 6 atom stereocenters. The first-order valence-electron chi connectivity index (χ1n) is 16.0. The first kappa shape index (κ1) is 35.5. The predicted octanol–water partition coefficient (Wildman–Crippen LogP) is 5.61. The fraction of sp³-hybridized carbons (Fsp3) is 0.250. The zero-order valence-electron chi connectivity index (χ0n) is 26.9. The second-order valence-corrected chi connectivity index (χ2v) is 14.7. The van der Waals surface area contributed by atoms with Crippen LogP contribution < -0.4 is 14.5 Å². The molecule has 54 heavy (non-hydrogen) atoms. The van der Waals surface area contributed by atoms with Crippen molar-refractivity contribution in [3.05, 3.63) is 100 Å². The van der Waals surface area contributed by atoms with Gasteiger partial charge < -0.3 is 20.1 Å². The fourth-order valence-corrected chi connectivity index (χ4v) is 9.42. The molecule has 0 aromatic heterocycles. The second-order valence-electron chi connectivity index (χ2n) is 13.5. The average Bonchev–Trinajstić information content (AvgIpc) is 3.47. The van der Waals surface area contributed by atoms with Crippen LogP contribution in [0.5, 0.6) is 17.2 Å². The quantitative estimate of drug-likeness (QED) is 0.0762. The number of aromatic carboxylic acids is 1. The van der Waals surface area contributed by atoms with Crippen molar-refractivity contribution < 1.29 is 66.0 Å². The number of aromatic hydroxyl groups is 2. The number of carbonyl (C=O) groups is 5. The monoisotopic (exact) mass is 790 g/mol. The summed E-state index contributed by atoms with van der Waals surface area (Å²) in [5.41, 5.74) is -2.00. The molecule has 0 bridgehead atoms. The number of amides is 4. The number of alkyl halides is 2. The van der Waals surface area contributed by atoms with Crippen molar-refractivity contribution in [2.45, 2.75) is 29.0 Å². The van der Waals surface area contributed by atoms with E-state index in [1.165, 1.54) is 30.5 Å². The first-order valence-corrected chi connectivity index (χ1v) is 16.8. The molecule has 3 aromatic rings. The molecule has 278 valence electrons. The van der Waals surface area contributed by atoms with Gasteiger partial charge in [0.1, 0.15) is 28.5 Å². The minimum absolute atomic E-state index is 0.103. The molecule has 3 heterocycles. The summed E-state index contributed by atoms with van der Waals surface area (Å²) in [6, 6.07) is 7.09. The number of halogens is 7. The highest BCUT2D eigenvalue weighted by atomic mass is 35.5. The summed E-state index contributed by atoms with van der Waals surface area (Å²) < 4.78 is 79.4. The largest absolute Gasteiger partial charge is 0.508 e. The van der Waals surface area contributed by atoms with Gasteiger partial charge in [0.2, 0.25) is 17.6 Å². The summed E-state index contributed by atoms with van der Waals surface area (Å²) in [5.74, 6) is -24.9. The van der Waals surface area contributed by atoms with E-state index in [-0.39, 0.29) is 46.1 Å². The number of fused-ring (bicyclic) bond motifs is 5. The van der Waals surface area contributed by atoms with E-state index in [4.69, 9.17) is 27.9 Å². The average molecular weight is 791 g/mol. The number of benzene rings is 3. The Bertz CT molecular complexity index is 2360. The van der Waals surface area contributed by atoms with Gasteiger partial charge in [-0.05, 0) is 54.7 Å². The normalized spacial score (nSPS) is 28.6. The third kappa shape index (κ3) is 4.49. The summed E-state index contributed by atoms with van der Waals surface area (Å²) in [7, 11) is 0. The van der Waals surface area contributed by atoms with Crippen LogP contribution >= 0.6 is 23.2 Å². The van der Waals surface area contributed by atoms with Gasteiger partial charge in [0, 0.05) is 24.0 Å². The molecule has 0 radical (unpaired) electrons. The van der Waals surface area contributed by atoms with Crippen LogP contribution in [0.1, 0.15) is 28.8 Å². The third-order valence-corrected chi connectivity index (χ3v) is 12.3. The lowest BCUT2D eigenvalue weighted by molar-refractivity contribution is -0.125. The zero-order valence-corrected chi connectivity index (χ0v) is 28.4. The molecule has 4 amide bonds. The number of carboxylic acid groups (broad SMARTS) is 1. The molecule has 3 aromatic carbocycles. The van der Waals surface area contributed by atoms with Crippen molar-refractivity contribution in [3.8, 4) is 17.2 Å². The molecule has 0 spiro atoms. The minimum Gasteiger partial charge on any atom is -0.508 e. The van der Waals surface area contributed by atoms with E-state index in [2.05, 4.69) is 0 Å². The molecule has 11 nitrogen and oxygen atoms in total. The van der Waals surface area contributed by atoms with Crippen molar-refractivity contribution in [1.82, 2.24) is 0 Å². The number of rotatable bonds is 4. The molecule has 3 aliphatic heterocycles. The lowest BCUT2D eigenvalue weighted by Crippen LogP contribution is -2.61. The van der Waals surface area contributed by atoms with Crippen molar-refractivity contribution >= 4 is 64.2 Å². The van der Waals surface area contributed by atoms with E-state index in [1.807, 2.05) is 0 Å². The van der Waals surface area contributed by atoms with Gasteiger partial charge in [-0.25, -0.2) is 36.5 Å². The maximum Gasteiger partial charge on any atom is 0.339 e. The first-order chi connectivity index (χ1) is 25.4. The highest BCUT2D eigenvalue weighted by Crippen LogP contribution is 2.65. The summed E-state index contributed by atoms with van der Waals surface area (Å²) in [5, 5.41) is 29.8. The van der Waals surface area contributed by atoms with Crippen LogP contribution in [0.4, 0.5) is 33.3 Å². The molecular formula is C36H21Cl2F5N2O9. The van der Waals surface area contributed by atoms with Crippen LogP contribution in [-0.4, -0.2) is 54.7 Å². The van der Waals surface area contributed by atoms with Crippen LogP contribution in [0.3, 0.4) is 0 Å². The van der Waals surface area contributed by atoms with Crippen LogP contribution in [0, 0.1) is 52.8 Å². The van der Waals surface area contributed by atoms with Gasteiger partial charge in [0.15, 0.2) is 33.0 Å². The molecule has 3 N–H and O–H groups in total. The topological polar surface area (TPSA) is 162 Å². The number of hydrogen-bond donors (Lipinski definition) is 3. The van der Waals surface area contributed by atoms with Gasteiger partial charge in [-0.2, -0.15) is 0 Å². The second kappa shape index (κ2) is 11.8. The molecule has 1 saturated carbocycles. The Morgan fingerprint density at radius 1 is 0.833 bits per heavy atom. The predicted molar refractivity (Wildman–Crippen MR) is 175 cm³/mol. The molecule has 18 heteroatoms. The maximum atomic E-state index is 15.3. The lowest BCUT2D eigenvalue weighted by Gasteiger charge is -2.51. The maximum absolute atomic E-state index is 15.3. The number of phenols is 2. The number of imide groups is 2. The molecule has 2 aliphatic carbocycles. The molecule has 5 aliphatic rings. The number of anilines is 2. The highest BCUT2D eigenvalue weighted by Gasteiger charge is 2.77. The number of allylic oxidation sites excluding steroid dienone is 3. The van der Waals surface area contributed by atoms with Crippen LogP contribution in [-0.2, 0) is 25.6 Å². The highest BCUT2D eigenvalue weighted by molar-refractivity contribution is 6.58. The Morgan fingerprint density at radius 3 is 2.15 bits per heavy atom. The standard InChI is InChI=1S/C36H21Cl2F5N2O9/c37-35-10-19-16(4-5-18-22(19)31(49)44(30(18)48)14-1-3-17(32(50)51)20(47)9-14)23(13-7-12-8-15(46)2-6-21(12)54-11-13)36(35,38)34(53)45(33(35)52)29-27(42)25(40)24(39)26(41)28(29)43/h1-4,6,8-9,11,18-19,22-23,46-47H,5,7,10H2,(H,50,51). The number of nitrogens with zero attached hydrogens (tertiary/aromatic N) is 2. The third-order valence-electron chi connectivity index (χ3n) is 10.8. The van der Waals surface area contributed by atoms with E-state index in [1.54, 1.807) is 0 Å². The Hall–Kier alpha value is -5.48. The lowest BCUT2D eigenvalue weighted by atomic mass is 9.56. The number of hydrogen-bond acceptors (Lipinski definition) is 8. The van der Waals surface area contributed by atoms with E-state index in [0.29, 0.717) is 5.56 Å². The van der Waals surface area contributed by atoms with Crippen molar-refractivity contribution in [3.63, 3.8) is 0 Å². The Balaban J connectivity index is 1.29. The fourth-order valence-electron chi connectivity index (χ4n) is 8.47. The van der Waals surface area contributed by atoms with Gasteiger partial charge in [-0.15, -0.1) is 23.2 Å². The minimum atomic E-state index is -2.77. The van der Waals surface area contributed by atoms with E-state index in [9.17, 15) is 52.5 Å². The van der Waals surface area contributed by atoms with Crippen LogP contribution in [0.25, 0.3) is 0 Å². The Morgan fingerprint density at radius 2 is 1.50 bits per heavy atom. The smallest absolute Gasteiger partial charge is 0.339 e. The number of carbonyl (C=O) groups excluding carboxylic acids is 4.